The molecule has 5 atom stereocenters. The Balaban J connectivity index is 1.70. The zero-order valence-electron chi connectivity index (χ0n) is 13.4. The number of aliphatic hydroxyl groups is 2. The van der Waals surface area contributed by atoms with Crippen LogP contribution in [0.1, 0.15) is 17.4 Å². The summed E-state index contributed by atoms with van der Waals surface area (Å²) in [5.74, 6) is -0.493. The van der Waals surface area contributed by atoms with Crippen LogP contribution in [-0.2, 0) is 19.8 Å². The van der Waals surface area contributed by atoms with E-state index >= 15 is 0 Å². The standard InChI is InChI=1S/C19H19FO5/c20-14-8-4-7-13(9-14)19(22)16(21)11-23-15-10-24-18(25-17(15)19)12-5-2-1-3-6-12/h1-9,15-18,21-22H,10-11H2/t15-,16+,17-,18?,19-/m1/s1. The molecule has 2 aromatic carbocycles. The molecule has 0 amide bonds. The van der Waals surface area contributed by atoms with Crippen LogP contribution in [-0.4, -0.2) is 41.7 Å². The van der Waals surface area contributed by atoms with E-state index in [-0.39, 0.29) is 18.8 Å². The minimum Gasteiger partial charge on any atom is -0.387 e. The third kappa shape index (κ3) is 2.86. The second-order valence-corrected chi connectivity index (χ2v) is 6.36. The van der Waals surface area contributed by atoms with Gasteiger partial charge in [0.1, 0.15) is 29.7 Å². The number of ether oxygens (including phenoxy) is 3. The lowest BCUT2D eigenvalue weighted by molar-refractivity contribution is -0.345. The van der Waals surface area contributed by atoms with E-state index in [9.17, 15) is 14.6 Å². The van der Waals surface area contributed by atoms with Gasteiger partial charge in [-0.1, -0.05) is 42.5 Å². The van der Waals surface area contributed by atoms with Crippen molar-refractivity contribution in [1.29, 1.82) is 0 Å². The van der Waals surface area contributed by atoms with Crippen LogP contribution in [0, 0.1) is 5.82 Å². The molecule has 0 aromatic heterocycles. The fraction of sp³-hybridized carbons (Fsp3) is 0.368. The van der Waals surface area contributed by atoms with Crippen molar-refractivity contribution in [3.63, 3.8) is 0 Å². The number of rotatable bonds is 2. The highest BCUT2D eigenvalue weighted by Crippen LogP contribution is 2.42. The van der Waals surface area contributed by atoms with Crippen molar-refractivity contribution in [3.05, 3.63) is 71.5 Å². The monoisotopic (exact) mass is 346 g/mol. The van der Waals surface area contributed by atoms with E-state index < -0.39 is 36.0 Å². The summed E-state index contributed by atoms with van der Waals surface area (Å²) in [5.41, 5.74) is -0.739. The SMILES string of the molecule is O[C@H]1CO[C@@H]2COC(c3ccccc3)O[C@H]2[C@@]1(O)c1cccc(F)c1. The van der Waals surface area contributed by atoms with Crippen LogP contribution in [0.15, 0.2) is 54.6 Å². The molecule has 25 heavy (non-hydrogen) atoms. The van der Waals surface area contributed by atoms with Crippen molar-refractivity contribution in [2.24, 2.45) is 0 Å². The summed E-state index contributed by atoms with van der Waals surface area (Å²) in [7, 11) is 0. The Kier molecular flexibility index (Phi) is 4.31. The maximum atomic E-state index is 13.7. The Morgan fingerprint density at radius 3 is 2.56 bits per heavy atom. The van der Waals surface area contributed by atoms with Gasteiger partial charge in [0, 0.05) is 5.56 Å². The number of benzene rings is 2. The Bertz CT molecular complexity index is 740. The van der Waals surface area contributed by atoms with Gasteiger partial charge >= 0.3 is 0 Å². The molecule has 4 rings (SSSR count). The average Bonchev–Trinajstić information content (AvgIpc) is 2.65. The normalized spacial score (nSPS) is 35.2. The van der Waals surface area contributed by atoms with Gasteiger partial charge in [-0.05, 0) is 17.7 Å². The first-order valence-electron chi connectivity index (χ1n) is 8.19. The molecule has 5 nitrogen and oxygen atoms in total. The highest BCUT2D eigenvalue weighted by atomic mass is 19.1. The Hall–Kier alpha value is -1.83. The largest absolute Gasteiger partial charge is 0.387 e. The molecule has 2 fully saturated rings. The van der Waals surface area contributed by atoms with Crippen molar-refractivity contribution in [2.45, 2.75) is 30.2 Å². The molecule has 0 spiro atoms. The van der Waals surface area contributed by atoms with Crippen LogP contribution in [0.5, 0.6) is 0 Å². The molecule has 6 heteroatoms. The molecule has 0 radical (unpaired) electrons. The third-order valence-electron chi connectivity index (χ3n) is 4.79. The van der Waals surface area contributed by atoms with Crippen LogP contribution < -0.4 is 0 Å². The summed E-state index contributed by atoms with van der Waals surface area (Å²) in [6.45, 7) is 0.117. The van der Waals surface area contributed by atoms with Crippen LogP contribution in [0.3, 0.4) is 0 Å². The first kappa shape index (κ1) is 16.6. The Morgan fingerprint density at radius 1 is 1.00 bits per heavy atom. The molecule has 2 aliphatic heterocycles. The van der Waals surface area contributed by atoms with Crippen molar-refractivity contribution < 1.29 is 28.8 Å². The summed E-state index contributed by atoms with van der Waals surface area (Å²) >= 11 is 0. The van der Waals surface area contributed by atoms with Gasteiger partial charge in [0.25, 0.3) is 0 Å². The first-order chi connectivity index (χ1) is 12.1. The first-order valence-corrected chi connectivity index (χ1v) is 8.19. The van der Waals surface area contributed by atoms with Gasteiger partial charge in [-0.3, -0.25) is 0 Å². The van der Waals surface area contributed by atoms with Crippen LogP contribution >= 0.6 is 0 Å². The van der Waals surface area contributed by atoms with Crippen molar-refractivity contribution >= 4 is 0 Å². The smallest absolute Gasteiger partial charge is 0.184 e. The Labute approximate surface area is 144 Å². The maximum Gasteiger partial charge on any atom is 0.184 e. The molecular formula is C19H19FO5. The minimum absolute atomic E-state index is 0.0864. The molecule has 2 aliphatic rings. The van der Waals surface area contributed by atoms with Crippen LogP contribution in [0.4, 0.5) is 4.39 Å². The lowest BCUT2D eigenvalue weighted by Crippen LogP contribution is -2.64. The summed E-state index contributed by atoms with van der Waals surface area (Å²) in [6, 6.07) is 14.9. The molecule has 2 saturated heterocycles. The predicted molar refractivity (Wildman–Crippen MR) is 86.1 cm³/mol. The summed E-state index contributed by atoms with van der Waals surface area (Å²) < 4.78 is 31.0. The molecule has 2 N–H and O–H groups in total. The van der Waals surface area contributed by atoms with E-state index in [0.29, 0.717) is 0 Å². The fourth-order valence-electron chi connectivity index (χ4n) is 3.46. The molecule has 0 bridgehead atoms. The van der Waals surface area contributed by atoms with E-state index in [4.69, 9.17) is 14.2 Å². The van der Waals surface area contributed by atoms with E-state index in [1.54, 1.807) is 6.07 Å². The van der Waals surface area contributed by atoms with Crippen molar-refractivity contribution in [3.8, 4) is 0 Å². The van der Waals surface area contributed by atoms with E-state index in [1.165, 1.54) is 18.2 Å². The predicted octanol–water partition coefficient (Wildman–Crippen LogP) is 1.89. The summed E-state index contributed by atoms with van der Waals surface area (Å²) in [5, 5.41) is 21.8. The molecule has 132 valence electrons. The van der Waals surface area contributed by atoms with Crippen molar-refractivity contribution in [1.82, 2.24) is 0 Å². The maximum absolute atomic E-state index is 13.7. The van der Waals surface area contributed by atoms with E-state index in [0.717, 1.165) is 5.56 Å². The van der Waals surface area contributed by atoms with E-state index in [2.05, 4.69) is 0 Å². The zero-order chi connectivity index (χ0) is 17.4. The van der Waals surface area contributed by atoms with Gasteiger partial charge < -0.3 is 24.4 Å². The van der Waals surface area contributed by atoms with Crippen LogP contribution in [0.25, 0.3) is 0 Å². The molecule has 1 unspecified atom stereocenters. The second-order valence-electron chi connectivity index (χ2n) is 6.36. The number of halogens is 1. The summed E-state index contributed by atoms with van der Waals surface area (Å²) in [6.07, 6.45) is -3.39. The molecular weight excluding hydrogens is 327 g/mol. The van der Waals surface area contributed by atoms with Crippen LogP contribution in [0.2, 0.25) is 0 Å². The van der Waals surface area contributed by atoms with Gasteiger partial charge in [0.2, 0.25) is 0 Å². The number of hydrogen-bond acceptors (Lipinski definition) is 5. The van der Waals surface area contributed by atoms with Crippen molar-refractivity contribution in [2.75, 3.05) is 13.2 Å². The molecule has 0 saturated carbocycles. The lowest BCUT2D eigenvalue weighted by atomic mass is 9.78. The highest BCUT2D eigenvalue weighted by molar-refractivity contribution is 5.28. The lowest BCUT2D eigenvalue weighted by Gasteiger charge is -2.50. The number of fused-ring (bicyclic) bond motifs is 1. The topological polar surface area (TPSA) is 68.2 Å². The number of aliphatic hydroxyl groups excluding tert-OH is 1. The van der Waals surface area contributed by atoms with Gasteiger partial charge in [-0.25, -0.2) is 4.39 Å². The fourth-order valence-corrected chi connectivity index (χ4v) is 3.46. The number of hydrogen-bond donors (Lipinski definition) is 2. The van der Waals surface area contributed by atoms with Gasteiger partial charge in [0.05, 0.1) is 13.2 Å². The Morgan fingerprint density at radius 2 is 1.80 bits per heavy atom. The van der Waals surface area contributed by atoms with Gasteiger partial charge in [-0.2, -0.15) is 0 Å². The second kappa shape index (κ2) is 6.48. The van der Waals surface area contributed by atoms with E-state index in [1.807, 2.05) is 30.3 Å². The summed E-state index contributed by atoms with van der Waals surface area (Å²) in [4.78, 5) is 0. The molecule has 2 aromatic rings. The van der Waals surface area contributed by atoms with Gasteiger partial charge in [-0.15, -0.1) is 0 Å². The highest BCUT2D eigenvalue weighted by Gasteiger charge is 2.56. The quantitative estimate of drug-likeness (QED) is 0.869. The average molecular weight is 346 g/mol. The molecule has 2 heterocycles. The minimum atomic E-state index is -1.79. The zero-order valence-corrected chi connectivity index (χ0v) is 13.4. The third-order valence-corrected chi connectivity index (χ3v) is 4.79. The van der Waals surface area contributed by atoms with Gasteiger partial charge in [0.15, 0.2) is 6.29 Å². The molecule has 0 aliphatic carbocycles.